The zero-order valence-corrected chi connectivity index (χ0v) is 10.6. The molecule has 0 radical (unpaired) electrons. The lowest BCUT2D eigenvalue weighted by Gasteiger charge is -2.42. The molecule has 0 bridgehead atoms. The molecule has 0 unspecified atom stereocenters. The van der Waals surface area contributed by atoms with Crippen molar-refractivity contribution in [1.29, 1.82) is 0 Å². The number of hydrogen-bond acceptors (Lipinski definition) is 1. The van der Waals surface area contributed by atoms with E-state index in [1.807, 2.05) is 6.08 Å². The zero-order valence-electron chi connectivity index (χ0n) is 10.6. The normalized spacial score (nSPS) is 32.8. The molecule has 1 rings (SSSR count). The van der Waals surface area contributed by atoms with Crippen LogP contribution in [0.4, 0.5) is 0 Å². The molecule has 15 heavy (non-hydrogen) atoms. The van der Waals surface area contributed by atoms with Crippen LogP contribution < -0.4 is 0 Å². The van der Waals surface area contributed by atoms with Gasteiger partial charge < -0.3 is 5.11 Å². The first kappa shape index (κ1) is 12.5. The second-order valence-electron chi connectivity index (χ2n) is 5.51. The van der Waals surface area contributed by atoms with Gasteiger partial charge in [0.25, 0.3) is 0 Å². The molecule has 1 N–H and O–H groups in total. The molecule has 0 aromatic carbocycles. The van der Waals surface area contributed by atoms with E-state index in [1.54, 1.807) is 6.92 Å². The molecular weight excluding hydrogens is 184 g/mol. The Balaban J connectivity index is 2.92. The van der Waals surface area contributed by atoms with Crippen LogP contribution in [0.2, 0.25) is 0 Å². The average Bonchev–Trinajstić information content (AvgIpc) is 2.11. The first-order valence-corrected chi connectivity index (χ1v) is 5.88. The quantitative estimate of drug-likeness (QED) is 0.688. The Hall–Kier alpha value is -0.560. The molecular formula is C14H24O. The number of aliphatic hydroxyl groups excluding tert-OH is 1. The van der Waals surface area contributed by atoms with Crippen LogP contribution in [0.15, 0.2) is 23.8 Å². The van der Waals surface area contributed by atoms with Crippen molar-refractivity contribution < 1.29 is 5.11 Å². The highest BCUT2D eigenvalue weighted by atomic mass is 16.3. The molecule has 1 nitrogen and oxygen atoms in total. The highest BCUT2D eigenvalue weighted by molar-refractivity contribution is 5.20. The smallest absolute Gasteiger partial charge is 0.0692 e. The van der Waals surface area contributed by atoms with E-state index in [0.29, 0.717) is 17.3 Å². The maximum atomic E-state index is 9.30. The van der Waals surface area contributed by atoms with Crippen molar-refractivity contribution in [3.05, 3.63) is 23.8 Å². The van der Waals surface area contributed by atoms with Gasteiger partial charge in [-0.3, -0.25) is 0 Å². The van der Waals surface area contributed by atoms with Crippen LogP contribution in [0.5, 0.6) is 0 Å². The Kier molecular flexibility index (Phi) is 3.77. The summed E-state index contributed by atoms with van der Waals surface area (Å²) in [5.74, 6) is 1.17. The van der Waals surface area contributed by atoms with Gasteiger partial charge in [0.2, 0.25) is 0 Å². The summed E-state index contributed by atoms with van der Waals surface area (Å²) in [7, 11) is 0. The number of aliphatic hydroxyl groups is 1. The second-order valence-corrected chi connectivity index (χ2v) is 5.51. The van der Waals surface area contributed by atoms with Crippen molar-refractivity contribution in [3.8, 4) is 0 Å². The van der Waals surface area contributed by atoms with Crippen LogP contribution in [-0.2, 0) is 0 Å². The van der Waals surface area contributed by atoms with Crippen molar-refractivity contribution in [3.63, 3.8) is 0 Å². The molecule has 86 valence electrons. The molecule has 0 saturated carbocycles. The maximum absolute atomic E-state index is 9.30. The Morgan fingerprint density at radius 1 is 1.53 bits per heavy atom. The molecule has 0 spiro atoms. The number of rotatable bonds is 2. The highest BCUT2D eigenvalue weighted by Crippen LogP contribution is 2.45. The summed E-state index contributed by atoms with van der Waals surface area (Å²) < 4.78 is 0. The molecule has 0 heterocycles. The highest BCUT2D eigenvalue weighted by Gasteiger charge is 2.36. The summed E-state index contributed by atoms with van der Waals surface area (Å²) in [6, 6.07) is 0. The molecule has 0 saturated heterocycles. The minimum absolute atomic E-state index is 0.296. The summed E-state index contributed by atoms with van der Waals surface area (Å²) in [5, 5.41) is 9.30. The van der Waals surface area contributed by atoms with E-state index in [9.17, 15) is 5.11 Å². The monoisotopic (exact) mass is 208 g/mol. The van der Waals surface area contributed by atoms with Crippen LogP contribution in [-0.4, -0.2) is 11.2 Å². The first-order chi connectivity index (χ1) is 6.85. The van der Waals surface area contributed by atoms with E-state index in [4.69, 9.17) is 0 Å². The van der Waals surface area contributed by atoms with Gasteiger partial charge in [0, 0.05) is 5.92 Å². The van der Waals surface area contributed by atoms with E-state index in [-0.39, 0.29) is 6.10 Å². The van der Waals surface area contributed by atoms with Crippen LogP contribution in [0.25, 0.3) is 0 Å². The van der Waals surface area contributed by atoms with E-state index in [0.717, 1.165) is 0 Å². The van der Waals surface area contributed by atoms with E-state index in [1.165, 1.54) is 12.0 Å². The summed E-state index contributed by atoms with van der Waals surface area (Å²) in [5.41, 5.74) is 1.74. The van der Waals surface area contributed by atoms with Crippen LogP contribution in [0.1, 0.15) is 41.0 Å². The standard InChI is InChI=1S/C14H24O/c1-10-6-7-11(2)14(4,5)13(10)9-8-12(3)15/h6,8-9,11-13,15H,7H2,1-5H3/t11-,12-,13-/m0/s1. The predicted octanol–water partition coefficient (Wildman–Crippen LogP) is 3.55. The molecule has 0 fully saturated rings. The van der Waals surface area contributed by atoms with Gasteiger partial charge in [-0.25, -0.2) is 0 Å². The van der Waals surface area contributed by atoms with E-state index < -0.39 is 0 Å². The van der Waals surface area contributed by atoms with E-state index >= 15 is 0 Å². The lowest BCUT2D eigenvalue weighted by Crippen LogP contribution is -2.33. The molecule has 0 amide bonds. The molecule has 0 aliphatic heterocycles. The van der Waals surface area contributed by atoms with Gasteiger partial charge in [0.1, 0.15) is 0 Å². The zero-order chi connectivity index (χ0) is 11.6. The summed E-state index contributed by atoms with van der Waals surface area (Å²) in [4.78, 5) is 0. The van der Waals surface area contributed by atoms with Crippen LogP contribution in [0.3, 0.4) is 0 Å². The fourth-order valence-corrected chi connectivity index (χ4v) is 2.36. The van der Waals surface area contributed by atoms with Crippen LogP contribution in [0, 0.1) is 17.3 Å². The Labute approximate surface area is 93.9 Å². The van der Waals surface area contributed by atoms with Gasteiger partial charge in [-0.2, -0.15) is 0 Å². The average molecular weight is 208 g/mol. The molecule has 3 atom stereocenters. The van der Waals surface area contributed by atoms with Gasteiger partial charge >= 0.3 is 0 Å². The topological polar surface area (TPSA) is 20.2 Å². The molecule has 0 aromatic rings. The Bertz CT molecular complexity index is 271. The summed E-state index contributed by atoms with van der Waals surface area (Å²) >= 11 is 0. The first-order valence-electron chi connectivity index (χ1n) is 5.88. The predicted molar refractivity (Wildman–Crippen MR) is 65.6 cm³/mol. The molecule has 1 heteroatoms. The van der Waals surface area contributed by atoms with Gasteiger partial charge in [0.15, 0.2) is 0 Å². The second kappa shape index (κ2) is 4.52. The number of allylic oxidation sites excluding steroid dienone is 3. The lowest BCUT2D eigenvalue weighted by molar-refractivity contribution is 0.166. The molecule has 0 aromatic heterocycles. The van der Waals surface area contributed by atoms with Crippen molar-refractivity contribution in [1.82, 2.24) is 0 Å². The van der Waals surface area contributed by atoms with E-state index in [2.05, 4.69) is 39.8 Å². The Morgan fingerprint density at radius 3 is 2.67 bits per heavy atom. The van der Waals surface area contributed by atoms with Gasteiger partial charge in [-0.05, 0) is 31.6 Å². The van der Waals surface area contributed by atoms with Crippen molar-refractivity contribution in [2.75, 3.05) is 0 Å². The van der Waals surface area contributed by atoms with Crippen molar-refractivity contribution >= 4 is 0 Å². The SMILES string of the molecule is CC1=CC[C@H](C)C(C)(C)[C@H]1C=C[C@H](C)O. The molecule has 1 aliphatic carbocycles. The third-order valence-corrected chi connectivity index (χ3v) is 3.94. The molecule has 1 aliphatic rings. The summed E-state index contributed by atoms with van der Waals surface area (Å²) in [6.45, 7) is 11.0. The van der Waals surface area contributed by atoms with Crippen LogP contribution >= 0.6 is 0 Å². The van der Waals surface area contributed by atoms with Gasteiger partial charge in [-0.15, -0.1) is 0 Å². The minimum atomic E-state index is -0.342. The third-order valence-electron chi connectivity index (χ3n) is 3.94. The Morgan fingerprint density at radius 2 is 2.13 bits per heavy atom. The number of hydrogen-bond donors (Lipinski definition) is 1. The largest absolute Gasteiger partial charge is 0.389 e. The third kappa shape index (κ3) is 2.72. The fraction of sp³-hybridized carbons (Fsp3) is 0.714. The van der Waals surface area contributed by atoms with Crippen molar-refractivity contribution in [2.24, 2.45) is 17.3 Å². The van der Waals surface area contributed by atoms with Gasteiger partial charge in [-0.1, -0.05) is 44.6 Å². The van der Waals surface area contributed by atoms with Gasteiger partial charge in [0.05, 0.1) is 6.10 Å². The lowest BCUT2D eigenvalue weighted by atomic mass is 9.63. The minimum Gasteiger partial charge on any atom is -0.389 e. The fourth-order valence-electron chi connectivity index (χ4n) is 2.36. The van der Waals surface area contributed by atoms with Crippen molar-refractivity contribution in [2.45, 2.75) is 47.1 Å². The summed E-state index contributed by atoms with van der Waals surface area (Å²) in [6.07, 6.45) is 7.25. The maximum Gasteiger partial charge on any atom is 0.0692 e.